The van der Waals surface area contributed by atoms with E-state index >= 15 is 0 Å². The monoisotopic (exact) mass is 306 g/mol. The van der Waals surface area contributed by atoms with Gasteiger partial charge in [-0.1, -0.05) is 12.1 Å². The Morgan fingerprint density at radius 2 is 1.71 bits per heavy atom. The van der Waals surface area contributed by atoms with E-state index in [1.807, 2.05) is 0 Å². The summed E-state index contributed by atoms with van der Waals surface area (Å²) in [5.41, 5.74) is -0.350. The van der Waals surface area contributed by atoms with E-state index in [0.29, 0.717) is 5.56 Å². The highest BCUT2D eigenvalue weighted by atomic mass is 19.4. The van der Waals surface area contributed by atoms with Crippen molar-refractivity contribution in [3.63, 3.8) is 0 Å². The maximum atomic E-state index is 12.3. The molecule has 1 rings (SSSR count). The van der Waals surface area contributed by atoms with Gasteiger partial charge in [-0.25, -0.2) is 9.59 Å². The number of amides is 2. The number of hydrogen-bond donors (Lipinski definition) is 4. The van der Waals surface area contributed by atoms with Crippen LogP contribution in [0.2, 0.25) is 0 Å². The number of aliphatic carboxylic acids is 1. The lowest BCUT2D eigenvalue weighted by atomic mass is 10.1. The molecule has 0 spiro atoms. The molecule has 0 fully saturated rings. The van der Waals surface area contributed by atoms with Crippen LogP contribution in [0.1, 0.15) is 11.1 Å². The maximum Gasteiger partial charge on any atom is 0.416 e. The Bertz CT molecular complexity index is 502. The molecule has 0 aromatic heterocycles. The topological polar surface area (TPSA) is 98.7 Å². The SMILES string of the molecule is O=C(NCc1ccc(C(F)(F)F)cc1)NC[C@H](O)C(=O)O. The van der Waals surface area contributed by atoms with Crippen molar-refractivity contribution in [2.45, 2.75) is 18.8 Å². The molecule has 0 bridgehead atoms. The van der Waals surface area contributed by atoms with Gasteiger partial charge >= 0.3 is 18.2 Å². The second-order valence-electron chi connectivity index (χ2n) is 4.11. The second kappa shape index (κ2) is 6.93. The normalized spacial score (nSPS) is 12.6. The third kappa shape index (κ3) is 5.69. The number of carbonyl (C=O) groups excluding carboxylic acids is 1. The predicted octanol–water partition coefficient (Wildman–Crippen LogP) is 0.950. The molecule has 21 heavy (non-hydrogen) atoms. The minimum atomic E-state index is -4.42. The average molecular weight is 306 g/mol. The van der Waals surface area contributed by atoms with E-state index in [9.17, 15) is 22.8 Å². The van der Waals surface area contributed by atoms with Gasteiger partial charge in [0, 0.05) is 6.54 Å². The molecule has 1 aromatic rings. The van der Waals surface area contributed by atoms with Crippen molar-refractivity contribution in [2.75, 3.05) is 6.54 Å². The number of carbonyl (C=O) groups is 2. The number of aliphatic hydroxyl groups excluding tert-OH is 1. The lowest BCUT2D eigenvalue weighted by Crippen LogP contribution is -2.41. The smallest absolute Gasteiger partial charge is 0.416 e. The summed E-state index contributed by atoms with van der Waals surface area (Å²) in [4.78, 5) is 21.6. The van der Waals surface area contributed by atoms with E-state index < -0.39 is 36.4 Å². The Morgan fingerprint density at radius 3 is 2.19 bits per heavy atom. The average Bonchev–Trinajstić information content (AvgIpc) is 2.41. The first-order valence-corrected chi connectivity index (χ1v) is 5.79. The molecule has 0 heterocycles. The van der Waals surface area contributed by atoms with Crippen molar-refractivity contribution in [3.05, 3.63) is 35.4 Å². The summed E-state index contributed by atoms with van der Waals surface area (Å²) < 4.78 is 37.0. The van der Waals surface area contributed by atoms with Crippen LogP contribution in [0.3, 0.4) is 0 Å². The number of carboxylic acids is 1. The van der Waals surface area contributed by atoms with Gasteiger partial charge in [-0.2, -0.15) is 13.2 Å². The molecular weight excluding hydrogens is 293 g/mol. The summed E-state index contributed by atoms with van der Waals surface area (Å²) in [7, 11) is 0. The van der Waals surface area contributed by atoms with Crippen LogP contribution < -0.4 is 10.6 Å². The molecule has 1 aromatic carbocycles. The summed E-state index contributed by atoms with van der Waals surface area (Å²) in [6.07, 6.45) is -6.14. The number of alkyl halides is 3. The van der Waals surface area contributed by atoms with Crippen LogP contribution in [0, 0.1) is 0 Å². The minimum absolute atomic E-state index is 0.0346. The van der Waals surface area contributed by atoms with Crippen molar-refractivity contribution in [2.24, 2.45) is 0 Å². The molecule has 0 aliphatic carbocycles. The van der Waals surface area contributed by atoms with Crippen LogP contribution in [0.15, 0.2) is 24.3 Å². The van der Waals surface area contributed by atoms with Crippen molar-refractivity contribution in [1.29, 1.82) is 0 Å². The summed E-state index contributed by atoms with van der Waals surface area (Å²) in [6, 6.07) is 3.48. The first kappa shape index (κ1) is 16.8. The number of halogens is 3. The van der Waals surface area contributed by atoms with Crippen molar-refractivity contribution in [3.8, 4) is 0 Å². The molecule has 0 aliphatic rings. The Morgan fingerprint density at radius 1 is 1.14 bits per heavy atom. The summed E-state index contributed by atoms with van der Waals surface area (Å²) >= 11 is 0. The molecule has 6 nitrogen and oxygen atoms in total. The van der Waals surface area contributed by atoms with Gasteiger partial charge in [0.25, 0.3) is 0 Å². The number of benzene rings is 1. The van der Waals surface area contributed by atoms with Gasteiger partial charge in [-0.05, 0) is 17.7 Å². The number of aliphatic hydroxyl groups is 1. The van der Waals surface area contributed by atoms with Crippen LogP contribution in [-0.2, 0) is 17.5 Å². The number of carboxylic acid groups (broad SMARTS) is 1. The first-order valence-electron chi connectivity index (χ1n) is 5.79. The zero-order valence-electron chi connectivity index (χ0n) is 10.6. The maximum absolute atomic E-state index is 12.3. The van der Waals surface area contributed by atoms with Crippen LogP contribution in [0.4, 0.5) is 18.0 Å². The zero-order chi connectivity index (χ0) is 16.0. The van der Waals surface area contributed by atoms with Gasteiger partial charge in [0.15, 0.2) is 6.10 Å². The van der Waals surface area contributed by atoms with E-state index in [4.69, 9.17) is 10.2 Å². The van der Waals surface area contributed by atoms with E-state index in [-0.39, 0.29) is 6.54 Å². The molecule has 0 unspecified atom stereocenters. The minimum Gasteiger partial charge on any atom is -0.479 e. The molecule has 0 aliphatic heterocycles. The number of rotatable bonds is 5. The van der Waals surface area contributed by atoms with Crippen LogP contribution in [0.25, 0.3) is 0 Å². The Hall–Kier alpha value is -2.29. The van der Waals surface area contributed by atoms with Crippen LogP contribution in [-0.4, -0.2) is 34.9 Å². The van der Waals surface area contributed by atoms with Crippen LogP contribution in [0.5, 0.6) is 0 Å². The Kier molecular flexibility index (Phi) is 5.53. The predicted molar refractivity (Wildman–Crippen MR) is 65.3 cm³/mol. The van der Waals surface area contributed by atoms with E-state index in [1.165, 1.54) is 12.1 Å². The summed E-state index contributed by atoms with van der Waals surface area (Å²) in [5.74, 6) is -1.47. The fourth-order valence-electron chi connectivity index (χ4n) is 1.33. The fourth-order valence-corrected chi connectivity index (χ4v) is 1.33. The second-order valence-corrected chi connectivity index (χ2v) is 4.11. The first-order chi connectivity index (χ1) is 9.70. The third-order valence-electron chi connectivity index (χ3n) is 2.48. The molecule has 0 saturated carbocycles. The molecule has 9 heteroatoms. The van der Waals surface area contributed by atoms with E-state index in [1.54, 1.807) is 0 Å². The lowest BCUT2D eigenvalue weighted by molar-refractivity contribution is -0.146. The molecule has 1 atom stereocenters. The molecule has 116 valence electrons. The summed E-state index contributed by atoms with van der Waals surface area (Å²) in [6.45, 7) is -0.513. The van der Waals surface area contributed by atoms with Crippen molar-refractivity contribution < 1.29 is 33.0 Å². The molecule has 2 amide bonds. The van der Waals surface area contributed by atoms with Gasteiger partial charge in [0.2, 0.25) is 0 Å². The Labute approximate surface area is 117 Å². The van der Waals surface area contributed by atoms with Gasteiger partial charge in [0.1, 0.15) is 0 Å². The van der Waals surface area contributed by atoms with Gasteiger partial charge in [-0.15, -0.1) is 0 Å². The lowest BCUT2D eigenvalue weighted by Gasteiger charge is -2.10. The Balaban J connectivity index is 2.41. The standard InChI is InChI=1S/C12H13F3N2O4/c13-12(14,15)8-3-1-7(2-4-8)5-16-11(21)17-6-9(18)10(19)20/h1-4,9,18H,5-6H2,(H,19,20)(H2,16,17,21)/t9-/m0/s1. The highest BCUT2D eigenvalue weighted by Gasteiger charge is 2.29. The molecular formula is C12H13F3N2O4. The fraction of sp³-hybridized carbons (Fsp3) is 0.333. The largest absolute Gasteiger partial charge is 0.479 e. The number of urea groups is 1. The summed E-state index contributed by atoms with van der Waals surface area (Å²) in [5, 5.41) is 21.7. The van der Waals surface area contributed by atoms with Crippen molar-refractivity contribution in [1.82, 2.24) is 10.6 Å². The molecule has 0 radical (unpaired) electrons. The number of hydrogen-bond acceptors (Lipinski definition) is 3. The van der Waals surface area contributed by atoms with Gasteiger partial charge < -0.3 is 20.8 Å². The molecule has 0 saturated heterocycles. The van der Waals surface area contributed by atoms with Crippen molar-refractivity contribution >= 4 is 12.0 Å². The molecule has 4 N–H and O–H groups in total. The highest BCUT2D eigenvalue weighted by molar-refractivity contribution is 5.76. The van der Waals surface area contributed by atoms with Gasteiger partial charge in [-0.3, -0.25) is 0 Å². The van der Waals surface area contributed by atoms with E-state index in [0.717, 1.165) is 12.1 Å². The third-order valence-corrected chi connectivity index (χ3v) is 2.48. The number of nitrogens with one attached hydrogen (secondary N) is 2. The highest BCUT2D eigenvalue weighted by Crippen LogP contribution is 2.28. The zero-order valence-corrected chi connectivity index (χ0v) is 10.6. The van der Waals surface area contributed by atoms with Crippen LogP contribution >= 0.6 is 0 Å². The van der Waals surface area contributed by atoms with Gasteiger partial charge in [0.05, 0.1) is 12.1 Å². The quantitative estimate of drug-likeness (QED) is 0.651. The van der Waals surface area contributed by atoms with E-state index in [2.05, 4.69) is 10.6 Å².